The molecule has 106 valence electrons. The molecule has 2 N–H and O–H groups in total. The monoisotopic (exact) mass is 288 g/mol. The molecule has 7 heteroatoms. The van der Waals surface area contributed by atoms with Crippen LogP contribution in [0.3, 0.4) is 0 Å². The van der Waals surface area contributed by atoms with Gasteiger partial charge in [0, 0.05) is 18.8 Å². The topological polar surface area (TPSA) is 72.6 Å². The molecule has 1 aliphatic heterocycles. The van der Waals surface area contributed by atoms with Crippen molar-refractivity contribution in [2.75, 3.05) is 25.4 Å². The number of rotatable bonds is 3. The average molecular weight is 288 g/mol. The van der Waals surface area contributed by atoms with Gasteiger partial charge in [-0.15, -0.1) is 0 Å². The van der Waals surface area contributed by atoms with E-state index in [2.05, 4.69) is 0 Å². The van der Waals surface area contributed by atoms with E-state index in [1.54, 1.807) is 0 Å². The van der Waals surface area contributed by atoms with Crippen LogP contribution < -0.4 is 5.73 Å². The lowest BCUT2D eigenvalue weighted by molar-refractivity contribution is -0.00283. The third kappa shape index (κ3) is 2.88. The molecule has 0 radical (unpaired) electrons. The summed E-state index contributed by atoms with van der Waals surface area (Å²) in [4.78, 5) is -0.335. The molecular weight excluding hydrogens is 271 g/mol. The first-order valence-corrected chi connectivity index (χ1v) is 7.56. The van der Waals surface area contributed by atoms with E-state index in [1.807, 2.05) is 6.92 Å². The SMILES string of the molecule is CCC1CN(S(=O)(=O)c2ccc(N)cc2F)CCO1. The molecule has 0 bridgehead atoms. The van der Waals surface area contributed by atoms with E-state index in [0.717, 1.165) is 12.5 Å². The van der Waals surface area contributed by atoms with E-state index in [0.29, 0.717) is 6.61 Å². The van der Waals surface area contributed by atoms with E-state index >= 15 is 0 Å². The fourth-order valence-electron chi connectivity index (χ4n) is 2.02. The molecule has 0 aromatic heterocycles. The van der Waals surface area contributed by atoms with Crippen molar-refractivity contribution < 1.29 is 17.5 Å². The Balaban J connectivity index is 2.31. The number of nitrogens with two attached hydrogens (primary N) is 1. The molecule has 5 nitrogen and oxygen atoms in total. The third-order valence-corrected chi connectivity index (χ3v) is 5.03. The highest BCUT2D eigenvalue weighted by Gasteiger charge is 2.31. The lowest BCUT2D eigenvalue weighted by atomic mass is 10.2. The van der Waals surface area contributed by atoms with Crippen LogP contribution in [0.15, 0.2) is 23.1 Å². The maximum atomic E-state index is 13.8. The fraction of sp³-hybridized carbons (Fsp3) is 0.500. The third-order valence-electron chi connectivity index (χ3n) is 3.13. The predicted molar refractivity (Wildman–Crippen MR) is 69.6 cm³/mol. The zero-order valence-corrected chi connectivity index (χ0v) is 11.5. The standard InChI is InChI=1S/C12H17FN2O3S/c1-2-10-8-15(5-6-18-10)19(16,17)12-4-3-9(14)7-11(12)13/h3-4,7,10H,2,5-6,8,14H2,1H3. The Kier molecular flexibility index (Phi) is 4.07. The number of morpholine rings is 1. The molecule has 1 saturated heterocycles. The van der Waals surface area contributed by atoms with E-state index in [9.17, 15) is 12.8 Å². The van der Waals surface area contributed by atoms with Crippen LogP contribution in [-0.4, -0.2) is 38.5 Å². The first kappa shape index (κ1) is 14.2. The number of hydrogen-bond donors (Lipinski definition) is 1. The lowest BCUT2D eigenvalue weighted by Crippen LogP contribution is -2.45. The first-order valence-electron chi connectivity index (χ1n) is 6.12. The van der Waals surface area contributed by atoms with Crippen molar-refractivity contribution >= 4 is 15.7 Å². The smallest absolute Gasteiger partial charge is 0.246 e. The van der Waals surface area contributed by atoms with Gasteiger partial charge in [0.1, 0.15) is 10.7 Å². The zero-order chi connectivity index (χ0) is 14.0. The summed E-state index contributed by atoms with van der Waals surface area (Å²) in [5, 5.41) is 0. The minimum Gasteiger partial charge on any atom is -0.399 e. The molecule has 1 aromatic rings. The summed E-state index contributed by atoms with van der Waals surface area (Å²) in [7, 11) is -3.83. The number of sulfonamides is 1. The summed E-state index contributed by atoms with van der Waals surface area (Å²) in [5.74, 6) is -0.820. The average Bonchev–Trinajstić information content (AvgIpc) is 2.38. The van der Waals surface area contributed by atoms with Gasteiger partial charge in [-0.3, -0.25) is 0 Å². The summed E-state index contributed by atoms with van der Waals surface area (Å²) >= 11 is 0. The van der Waals surface area contributed by atoms with Gasteiger partial charge in [0.05, 0.1) is 12.7 Å². The van der Waals surface area contributed by atoms with Gasteiger partial charge in [0.2, 0.25) is 10.0 Å². The van der Waals surface area contributed by atoms with Crippen LogP contribution in [-0.2, 0) is 14.8 Å². The zero-order valence-electron chi connectivity index (χ0n) is 10.7. The number of nitrogens with zero attached hydrogens (tertiary/aromatic N) is 1. The molecule has 0 spiro atoms. The van der Waals surface area contributed by atoms with Crippen molar-refractivity contribution in [1.82, 2.24) is 4.31 Å². The second-order valence-corrected chi connectivity index (χ2v) is 6.36. The van der Waals surface area contributed by atoms with Gasteiger partial charge in [0.15, 0.2) is 0 Å². The minimum atomic E-state index is -3.83. The molecule has 1 fully saturated rings. The second-order valence-electron chi connectivity index (χ2n) is 4.45. The molecule has 1 unspecified atom stereocenters. The maximum Gasteiger partial charge on any atom is 0.246 e. The van der Waals surface area contributed by atoms with Crippen LogP contribution in [0.5, 0.6) is 0 Å². The van der Waals surface area contributed by atoms with Crippen molar-refractivity contribution in [2.45, 2.75) is 24.3 Å². The number of halogens is 1. The lowest BCUT2D eigenvalue weighted by Gasteiger charge is -2.31. The minimum absolute atomic E-state index is 0.139. The number of benzene rings is 1. The highest BCUT2D eigenvalue weighted by atomic mass is 32.2. The van der Waals surface area contributed by atoms with Crippen molar-refractivity contribution in [3.05, 3.63) is 24.0 Å². The van der Waals surface area contributed by atoms with E-state index < -0.39 is 15.8 Å². The summed E-state index contributed by atoms with van der Waals surface area (Å²) in [6.45, 7) is 2.74. The Hall–Kier alpha value is -1.18. The highest BCUT2D eigenvalue weighted by molar-refractivity contribution is 7.89. The van der Waals surface area contributed by atoms with Crippen LogP contribution in [0.2, 0.25) is 0 Å². The fourth-order valence-corrected chi connectivity index (χ4v) is 3.52. The van der Waals surface area contributed by atoms with Crippen LogP contribution >= 0.6 is 0 Å². The van der Waals surface area contributed by atoms with Gasteiger partial charge in [-0.2, -0.15) is 4.31 Å². The van der Waals surface area contributed by atoms with Crippen LogP contribution in [0, 0.1) is 5.82 Å². The van der Waals surface area contributed by atoms with E-state index in [1.165, 1.54) is 16.4 Å². The second kappa shape index (κ2) is 5.44. The molecule has 0 saturated carbocycles. The molecule has 1 heterocycles. The molecule has 1 atom stereocenters. The van der Waals surface area contributed by atoms with E-state index in [4.69, 9.17) is 10.5 Å². The van der Waals surface area contributed by atoms with Gasteiger partial charge in [-0.05, 0) is 24.6 Å². The van der Waals surface area contributed by atoms with Gasteiger partial charge in [-0.1, -0.05) is 6.92 Å². The van der Waals surface area contributed by atoms with Crippen LogP contribution in [0.4, 0.5) is 10.1 Å². The van der Waals surface area contributed by atoms with E-state index in [-0.39, 0.29) is 29.8 Å². The van der Waals surface area contributed by atoms with Crippen molar-refractivity contribution in [2.24, 2.45) is 0 Å². The molecule has 2 rings (SSSR count). The van der Waals surface area contributed by atoms with Crippen molar-refractivity contribution in [3.8, 4) is 0 Å². The summed E-state index contributed by atoms with van der Waals surface area (Å²) in [6, 6.07) is 3.61. The molecule has 0 aliphatic carbocycles. The largest absolute Gasteiger partial charge is 0.399 e. The highest BCUT2D eigenvalue weighted by Crippen LogP contribution is 2.23. The van der Waals surface area contributed by atoms with Crippen LogP contribution in [0.1, 0.15) is 13.3 Å². The Morgan fingerprint density at radius 2 is 2.26 bits per heavy atom. The number of nitrogen functional groups attached to an aromatic ring is 1. The number of hydrogen-bond acceptors (Lipinski definition) is 4. The van der Waals surface area contributed by atoms with Gasteiger partial charge in [-0.25, -0.2) is 12.8 Å². The molecular formula is C12H17FN2O3S. The van der Waals surface area contributed by atoms with Crippen LogP contribution in [0.25, 0.3) is 0 Å². The molecule has 0 amide bonds. The maximum absolute atomic E-state index is 13.8. The Morgan fingerprint density at radius 3 is 2.89 bits per heavy atom. The Labute approximate surface area is 112 Å². The van der Waals surface area contributed by atoms with Crippen molar-refractivity contribution in [1.29, 1.82) is 0 Å². The number of ether oxygens (including phenoxy) is 1. The molecule has 1 aromatic carbocycles. The van der Waals surface area contributed by atoms with Crippen molar-refractivity contribution in [3.63, 3.8) is 0 Å². The summed E-state index contributed by atoms with van der Waals surface area (Å²) in [5.41, 5.74) is 5.62. The normalized spacial score (nSPS) is 21.5. The molecule has 1 aliphatic rings. The van der Waals surface area contributed by atoms with Gasteiger partial charge < -0.3 is 10.5 Å². The Morgan fingerprint density at radius 1 is 1.53 bits per heavy atom. The van der Waals surface area contributed by atoms with Gasteiger partial charge in [0.25, 0.3) is 0 Å². The number of anilines is 1. The van der Waals surface area contributed by atoms with Gasteiger partial charge >= 0.3 is 0 Å². The quantitative estimate of drug-likeness (QED) is 0.848. The molecule has 19 heavy (non-hydrogen) atoms. The first-order chi connectivity index (χ1) is 8.95. The Bertz CT molecular complexity index is 562. The summed E-state index contributed by atoms with van der Waals surface area (Å²) < 4.78 is 45.2. The summed E-state index contributed by atoms with van der Waals surface area (Å²) in [6.07, 6.45) is 0.580. The predicted octanol–water partition coefficient (Wildman–Crippen LogP) is 1.21.